The molecule has 0 aliphatic heterocycles. The Hall–Kier alpha value is -3.20. The van der Waals surface area contributed by atoms with Crippen LogP contribution in [0.4, 0.5) is 10.2 Å². The predicted octanol–water partition coefficient (Wildman–Crippen LogP) is 4.00. The second-order valence-electron chi connectivity index (χ2n) is 7.08. The maximum atomic E-state index is 13.9. The normalized spacial score (nSPS) is 11.2. The van der Waals surface area contributed by atoms with Gasteiger partial charge in [-0.15, -0.1) is 0 Å². The van der Waals surface area contributed by atoms with Crippen LogP contribution in [0.2, 0.25) is 0 Å². The lowest BCUT2D eigenvalue weighted by molar-refractivity contribution is -0.116. The van der Waals surface area contributed by atoms with Crippen LogP contribution in [0.15, 0.2) is 64.0 Å². The number of aromatic nitrogens is 4. The fraction of sp³-hybridized carbons (Fsp3) is 0.227. The number of amides is 1. The molecule has 1 N–H and O–H groups in total. The van der Waals surface area contributed by atoms with Crippen molar-refractivity contribution in [2.45, 2.75) is 33.0 Å². The molecular weight excluding hydrogens is 465 g/mol. The van der Waals surface area contributed by atoms with E-state index in [0.717, 1.165) is 11.0 Å². The van der Waals surface area contributed by atoms with Gasteiger partial charge in [-0.2, -0.15) is 5.10 Å². The molecule has 160 valence electrons. The van der Waals surface area contributed by atoms with Crippen molar-refractivity contribution in [2.24, 2.45) is 0 Å². The third-order valence-electron chi connectivity index (χ3n) is 5.07. The lowest BCUT2D eigenvalue weighted by Crippen LogP contribution is -2.25. The fourth-order valence-corrected chi connectivity index (χ4v) is 3.98. The largest absolute Gasteiger partial charge is 0.329 e. The number of fused-ring (bicyclic) bond motifs is 1. The zero-order valence-electron chi connectivity index (χ0n) is 16.9. The Balaban J connectivity index is 1.45. The quantitative estimate of drug-likeness (QED) is 0.429. The summed E-state index contributed by atoms with van der Waals surface area (Å²) >= 11 is 3.38. The van der Waals surface area contributed by atoms with Crippen LogP contribution in [0.3, 0.4) is 0 Å². The third-order valence-corrected chi connectivity index (χ3v) is 5.65. The molecule has 2 heterocycles. The monoisotopic (exact) mass is 485 g/mol. The standard InChI is InChI=1S/C22H21BrFN5O2/c1-2-28-18-9-5-6-10-19(18)29(22(28)31)12-11-20(30)25-21-16(23)14-27(26-21)13-15-7-3-4-8-17(15)24/h3-10,14H,2,11-13H2,1H3,(H,25,26,30). The van der Waals surface area contributed by atoms with Crippen molar-refractivity contribution < 1.29 is 9.18 Å². The van der Waals surface area contributed by atoms with Crippen molar-refractivity contribution in [2.75, 3.05) is 5.32 Å². The van der Waals surface area contributed by atoms with E-state index in [9.17, 15) is 14.0 Å². The molecule has 0 fully saturated rings. The van der Waals surface area contributed by atoms with E-state index >= 15 is 0 Å². The van der Waals surface area contributed by atoms with Gasteiger partial charge in [-0.05, 0) is 41.1 Å². The summed E-state index contributed by atoms with van der Waals surface area (Å²) < 4.78 is 19.3. The van der Waals surface area contributed by atoms with E-state index in [2.05, 4.69) is 26.3 Å². The number of hydrogen-bond acceptors (Lipinski definition) is 3. The Morgan fingerprint density at radius 1 is 1.10 bits per heavy atom. The minimum atomic E-state index is -0.309. The minimum absolute atomic E-state index is 0.115. The first kappa shape index (κ1) is 21.0. The van der Waals surface area contributed by atoms with E-state index in [4.69, 9.17) is 0 Å². The van der Waals surface area contributed by atoms with Gasteiger partial charge in [0.25, 0.3) is 0 Å². The highest BCUT2D eigenvalue weighted by molar-refractivity contribution is 9.10. The highest BCUT2D eigenvalue weighted by Crippen LogP contribution is 2.21. The molecule has 7 nitrogen and oxygen atoms in total. The van der Waals surface area contributed by atoms with Gasteiger partial charge >= 0.3 is 5.69 Å². The van der Waals surface area contributed by atoms with Crippen molar-refractivity contribution in [3.8, 4) is 0 Å². The summed E-state index contributed by atoms with van der Waals surface area (Å²) in [5, 5.41) is 7.08. The molecule has 0 spiro atoms. The van der Waals surface area contributed by atoms with Crippen LogP contribution in [0.5, 0.6) is 0 Å². The van der Waals surface area contributed by atoms with E-state index in [1.807, 2.05) is 31.2 Å². The van der Waals surface area contributed by atoms with Crippen molar-refractivity contribution in [3.05, 3.63) is 81.1 Å². The van der Waals surface area contributed by atoms with E-state index < -0.39 is 0 Å². The maximum absolute atomic E-state index is 13.9. The second kappa shape index (κ2) is 8.89. The molecule has 0 radical (unpaired) electrons. The van der Waals surface area contributed by atoms with Crippen LogP contribution in [0, 0.1) is 5.82 Å². The number of nitrogens with one attached hydrogen (secondary N) is 1. The van der Waals surface area contributed by atoms with E-state index in [-0.39, 0.29) is 36.9 Å². The summed E-state index contributed by atoms with van der Waals surface area (Å²) in [6.07, 6.45) is 1.80. The maximum Gasteiger partial charge on any atom is 0.329 e. The van der Waals surface area contributed by atoms with E-state index in [0.29, 0.717) is 22.4 Å². The lowest BCUT2D eigenvalue weighted by atomic mass is 10.2. The number of halogens is 2. The molecular formula is C22H21BrFN5O2. The summed E-state index contributed by atoms with van der Waals surface area (Å²) in [5.74, 6) is -0.224. The molecule has 0 bridgehead atoms. The van der Waals surface area contributed by atoms with Gasteiger partial charge in [0.05, 0.1) is 22.1 Å². The number of imidazole rings is 1. The Kier molecular flexibility index (Phi) is 6.03. The predicted molar refractivity (Wildman–Crippen MR) is 121 cm³/mol. The topological polar surface area (TPSA) is 73.8 Å². The highest BCUT2D eigenvalue weighted by Gasteiger charge is 2.15. The number of nitrogens with zero attached hydrogens (tertiary/aromatic N) is 4. The number of benzene rings is 2. The molecule has 0 aliphatic rings. The average molecular weight is 486 g/mol. The Labute approximate surface area is 186 Å². The van der Waals surface area contributed by atoms with Gasteiger partial charge in [0, 0.05) is 31.3 Å². The number of carbonyl (C=O) groups is 1. The SMILES string of the molecule is CCn1c(=O)n(CCC(=O)Nc2nn(Cc3ccccc3F)cc2Br)c2ccccc21. The highest BCUT2D eigenvalue weighted by atomic mass is 79.9. The summed E-state index contributed by atoms with van der Waals surface area (Å²) in [4.78, 5) is 25.2. The van der Waals surface area contributed by atoms with Gasteiger partial charge in [-0.25, -0.2) is 9.18 Å². The first-order valence-electron chi connectivity index (χ1n) is 9.92. The number of rotatable bonds is 7. The van der Waals surface area contributed by atoms with Gasteiger partial charge in [0.2, 0.25) is 5.91 Å². The van der Waals surface area contributed by atoms with Crippen LogP contribution in [-0.4, -0.2) is 24.8 Å². The average Bonchev–Trinajstić information content (AvgIpc) is 3.23. The molecule has 4 rings (SSSR count). The van der Waals surface area contributed by atoms with Gasteiger partial charge in [-0.3, -0.25) is 18.6 Å². The molecule has 31 heavy (non-hydrogen) atoms. The zero-order valence-corrected chi connectivity index (χ0v) is 18.5. The number of carbonyl (C=O) groups excluding carboxylic acids is 1. The van der Waals surface area contributed by atoms with Crippen LogP contribution in [-0.2, 0) is 24.4 Å². The molecule has 2 aromatic carbocycles. The van der Waals surface area contributed by atoms with Crippen LogP contribution >= 0.6 is 15.9 Å². The summed E-state index contributed by atoms with van der Waals surface area (Å²) in [6.45, 7) is 2.98. The van der Waals surface area contributed by atoms with Gasteiger partial charge < -0.3 is 5.32 Å². The summed E-state index contributed by atoms with van der Waals surface area (Å²) in [5.41, 5.74) is 2.02. The number of aryl methyl sites for hydroxylation is 2. The molecule has 9 heteroatoms. The van der Waals surface area contributed by atoms with Crippen LogP contribution < -0.4 is 11.0 Å². The smallest absolute Gasteiger partial charge is 0.308 e. The molecule has 0 saturated heterocycles. The molecule has 2 aromatic heterocycles. The fourth-order valence-electron chi connectivity index (χ4n) is 3.57. The van der Waals surface area contributed by atoms with E-state index in [1.54, 1.807) is 38.2 Å². The molecule has 0 atom stereocenters. The number of para-hydroxylation sites is 2. The first-order valence-corrected chi connectivity index (χ1v) is 10.7. The molecule has 1 amide bonds. The lowest BCUT2D eigenvalue weighted by Gasteiger charge is -2.05. The number of anilines is 1. The minimum Gasteiger partial charge on any atom is -0.308 e. The number of hydrogen-bond donors (Lipinski definition) is 1. The van der Waals surface area contributed by atoms with Gasteiger partial charge in [0.15, 0.2) is 5.82 Å². The third kappa shape index (κ3) is 4.32. The summed E-state index contributed by atoms with van der Waals surface area (Å²) in [7, 11) is 0. The van der Waals surface area contributed by atoms with Crippen molar-refractivity contribution in [1.82, 2.24) is 18.9 Å². The van der Waals surface area contributed by atoms with Gasteiger partial charge in [0.1, 0.15) is 5.82 Å². The van der Waals surface area contributed by atoms with Crippen LogP contribution in [0.1, 0.15) is 18.9 Å². The molecule has 4 aromatic rings. The second-order valence-corrected chi connectivity index (χ2v) is 7.93. The summed E-state index contributed by atoms with van der Waals surface area (Å²) in [6, 6.07) is 14.0. The van der Waals surface area contributed by atoms with Crippen molar-refractivity contribution in [1.29, 1.82) is 0 Å². The zero-order chi connectivity index (χ0) is 22.0. The molecule has 0 unspecified atom stereocenters. The first-order chi connectivity index (χ1) is 15.0. The van der Waals surface area contributed by atoms with Crippen molar-refractivity contribution >= 4 is 38.7 Å². The Bertz CT molecular complexity index is 1310. The Morgan fingerprint density at radius 3 is 2.48 bits per heavy atom. The van der Waals surface area contributed by atoms with Gasteiger partial charge in [-0.1, -0.05) is 30.3 Å². The molecule has 0 aliphatic carbocycles. The van der Waals surface area contributed by atoms with Crippen molar-refractivity contribution in [3.63, 3.8) is 0 Å². The van der Waals surface area contributed by atoms with Crippen LogP contribution in [0.25, 0.3) is 11.0 Å². The van der Waals surface area contributed by atoms with E-state index in [1.165, 1.54) is 6.07 Å². The molecule has 0 saturated carbocycles. The Morgan fingerprint density at radius 2 is 1.77 bits per heavy atom.